The summed E-state index contributed by atoms with van der Waals surface area (Å²) < 4.78 is 0. The average Bonchev–Trinajstić information content (AvgIpc) is 2.35. The number of anilines is 1. The first-order valence-corrected chi connectivity index (χ1v) is 7.52. The van der Waals surface area contributed by atoms with Crippen LogP contribution in [0, 0.1) is 20.8 Å². The SMILES string of the molecule is Cc1cccc(C2CC(Nc3ccc(C)cc3C)C2)c1. The van der Waals surface area contributed by atoms with E-state index in [1.165, 1.54) is 40.8 Å². The summed E-state index contributed by atoms with van der Waals surface area (Å²) in [5.74, 6) is 0.734. The van der Waals surface area contributed by atoms with Gasteiger partial charge < -0.3 is 5.32 Å². The highest BCUT2D eigenvalue weighted by Gasteiger charge is 2.30. The Bertz CT molecular complexity index is 609. The van der Waals surface area contributed by atoms with Crippen LogP contribution in [0.5, 0.6) is 0 Å². The second-order valence-electron chi connectivity index (χ2n) is 6.24. The molecule has 0 radical (unpaired) electrons. The molecule has 1 saturated carbocycles. The smallest absolute Gasteiger partial charge is 0.0372 e. The molecule has 0 spiro atoms. The maximum absolute atomic E-state index is 3.69. The summed E-state index contributed by atoms with van der Waals surface area (Å²) in [6.07, 6.45) is 2.49. The standard InChI is InChI=1S/C19H23N/c1-13-5-4-6-16(10-13)17-11-18(12-17)20-19-8-7-14(2)9-15(19)3/h4-10,17-18,20H,11-12H2,1-3H3. The minimum Gasteiger partial charge on any atom is -0.382 e. The second-order valence-corrected chi connectivity index (χ2v) is 6.24. The van der Waals surface area contributed by atoms with Crippen molar-refractivity contribution in [3.05, 3.63) is 64.7 Å². The minimum atomic E-state index is 0.627. The molecule has 0 bridgehead atoms. The molecule has 1 aliphatic carbocycles. The Morgan fingerprint density at radius 3 is 2.35 bits per heavy atom. The van der Waals surface area contributed by atoms with Crippen molar-refractivity contribution in [2.24, 2.45) is 0 Å². The fraction of sp³-hybridized carbons (Fsp3) is 0.368. The lowest BCUT2D eigenvalue weighted by Gasteiger charge is -2.37. The van der Waals surface area contributed by atoms with E-state index in [2.05, 4.69) is 68.6 Å². The van der Waals surface area contributed by atoms with E-state index in [1.54, 1.807) is 0 Å². The fourth-order valence-electron chi connectivity index (χ4n) is 3.13. The molecule has 0 aliphatic heterocycles. The molecule has 0 aromatic heterocycles. The third-order valence-corrected chi connectivity index (χ3v) is 4.39. The van der Waals surface area contributed by atoms with Gasteiger partial charge in [0.25, 0.3) is 0 Å². The van der Waals surface area contributed by atoms with Gasteiger partial charge in [0.05, 0.1) is 0 Å². The van der Waals surface area contributed by atoms with Gasteiger partial charge in [0, 0.05) is 11.7 Å². The summed E-state index contributed by atoms with van der Waals surface area (Å²) in [5, 5.41) is 3.69. The second kappa shape index (κ2) is 5.32. The van der Waals surface area contributed by atoms with E-state index < -0.39 is 0 Å². The monoisotopic (exact) mass is 265 g/mol. The molecule has 0 unspecified atom stereocenters. The maximum atomic E-state index is 3.69. The normalized spacial score (nSPS) is 21.4. The number of hydrogen-bond acceptors (Lipinski definition) is 1. The third-order valence-electron chi connectivity index (χ3n) is 4.39. The lowest BCUT2D eigenvalue weighted by Crippen LogP contribution is -2.34. The van der Waals surface area contributed by atoms with Gasteiger partial charge in [0.1, 0.15) is 0 Å². The number of benzene rings is 2. The van der Waals surface area contributed by atoms with E-state index in [0.29, 0.717) is 6.04 Å². The topological polar surface area (TPSA) is 12.0 Å². The highest BCUT2D eigenvalue weighted by Crippen LogP contribution is 2.39. The number of aryl methyl sites for hydroxylation is 3. The zero-order valence-electron chi connectivity index (χ0n) is 12.6. The van der Waals surface area contributed by atoms with Crippen molar-refractivity contribution in [3.8, 4) is 0 Å². The Hall–Kier alpha value is -1.76. The minimum absolute atomic E-state index is 0.627. The van der Waals surface area contributed by atoms with E-state index >= 15 is 0 Å². The summed E-state index contributed by atoms with van der Waals surface area (Å²) >= 11 is 0. The average molecular weight is 265 g/mol. The van der Waals surface area contributed by atoms with Crippen LogP contribution in [0.3, 0.4) is 0 Å². The Labute approximate surface area is 122 Å². The summed E-state index contributed by atoms with van der Waals surface area (Å²) in [5.41, 5.74) is 6.85. The Balaban J connectivity index is 1.61. The Kier molecular flexibility index (Phi) is 3.52. The number of nitrogens with one attached hydrogen (secondary N) is 1. The molecule has 0 heterocycles. The fourth-order valence-corrected chi connectivity index (χ4v) is 3.13. The number of hydrogen-bond donors (Lipinski definition) is 1. The molecular weight excluding hydrogens is 242 g/mol. The van der Waals surface area contributed by atoms with Crippen molar-refractivity contribution in [2.45, 2.75) is 45.6 Å². The summed E-state index contributed by atoms with van der Waals surface area (Å²) in [7, 11) is 0. The van der Waals surface area contributed by atoms with Crippen molar-refractivity contribution in [2.75, 3.05) is 5.32 Å². The van der Waals surface area contributed by atoms with E-state index in [4.69, 9.17) is 0 Å². The predicted octanol–water partition coefficient (Wildman–Crippen LogP) is 4.97. The van der Waals surface area contributed by atoms with E-state index in [0.717, 1.165) is 5.92 Å². The maximum Gasteiger partial charge on any atom is 0.0372 e. The van der Waals surface area contributed by atoms with Gasteiger partial charge in [0.15, 0.2) is 0 Å². The van der Waals surface area contributed by atoms with Crippen molar-refractivity contribution in [1.29, 1.82) is 0 Å². The molecule has 2 aromatic rings. The molecule has 0 atom stereocenters. The van der Waals surface area contributed by atoms with Gasteiger partial charge >= 0.3 is 0 Å². The molecule has 0 amide bonds. The van der Waals surface area contributed by atoms with Gasteiger partial charge in [-0.1, -0.05) is 47.5 Å². The quantitative estimate of drug-likeness (QED) is 0.826. The van der Waals surface area contributed by atoms with Crippen LogP contribution in [0.1, 0.15) is 41.0 Å². The Morgan fingerprint density at radius 1 is 0.900 bits per heavy atom. The lowest BCUT2D eigenvalue weighted by atomic mass is 9.75. The zero-order valence-corrected chi connectivity index (χ0v) is 12.6. The molecule has 104 valence electrons. The molecule has 2 aromatic carbocycles. The van der Waals surface area contributed by atoms with Gasteiger partial charge in [-0.25, -0.2) is 0 Å². The Morgan fingerprint density at radius 2 is 1.65 bits per heavy atom. The van der Waals surface area contributed by atoms with Crippen LogP contribution in [0.4, 0.5) is 5.69 Å². The van der Waals surface area contributed by atoms with Gasteiger partial charge in [-0.2, -0.15) is 0 Å². The van der Waals surface area contributed by atoms with Crippen molar-refractivity contribution < 1.29 is 0 Å². The summed E-state index contributed by atoms with van der Waals surface area (Å²) in [6.45, 7) is 6.51. The van der Waals surface area contributed by atoms with E-state index in [-0.39, 0.29) is 0 Å². The van der Waals surface area contributed by atoms with Crippen LogP contribution in [0.15, 0.2) is 42.5 Å². The van der Waals surface area contributed by atoms with Gasteiger partial charge in [-0.3, -0.25) is 0 Å². The van der Waals surface area contributed by atoms with Gasteiger partial charge in [-0.05, 0) is 56.7 Å². The van der Waals surface area contributed by atoms with Crippen molar-refractivity contribution >= 4 is 5.69 Å². The molecule has 1 fully saturated rings. The summed E-state index contributed by atoms with van der Waals surface area (Å²) in [4.78, 5) is 0. The van der Waals surface area contributed by atoms with Crippen molar-refractivity contribution in [3.63, 3.8) is 0 Å². The predicted molar refractivity (Wildman–Crippen MR) is 86.5 cm³/mol. The summed E-state index contributed by atoms with van der Waals surface area (Å²) in [6, 6.07) is 16.2. The van der Waals surface area contributed by atoms with Crippen LogP contribution < -0.4 is 5.32 Å². The first kappa shape index (κ1) is 13.2. The molecule has 0 saturated heterocycles. The van der Waals surface area contributed by atoms with E-state index in [9.17, 15) is 0 Å². The number of rotatable bonds is 3. The molecule has 1 heteroatoms. The van der Waals surface area contributed by atoms with Crippen LogP contribution in [0.2, 0.25) is 0 Å². The lowest BCUT2D eigenvalue weighted by molar-refractivity contribution is 0.374. The molecule has 3 rings (SSSR count). The molecule has 1 N–H and O–H groups in total. The van der Waals surface area contributed by atoms with Crippen molar-refractivity contribution in [1.82, 2.24) is 0 Å². The van der Waals surface area contributed by atoms with Crippen LogP contribution in [0.25, 0.3) is 0 Å². The van der Waals surface area contributed by atoms with E-state index in [1.807, 2.05) is 0 Å². The van der Waals surface area contributed by atoms with Crippen LogP contribution in [-0.2, 0) is 0 Å². The zero-order chi connectivity index (χ0) is 14.1. The van der Waals surface area contributed by atoms with Crippen LogP contribution in [-0.4, -0.2) is 6.04 Å². The first-order chi connectivity index (χ1) is 9.61. The largest absolute Gasteiger partial charge is 0.382 e. The van der Waals surface area contributed by atoms with Gasteiger partial charge in [0.2, 0.25) is 0 Å². The molecule has 1 nitrogen and oxygen atoms in total. The van der Waals surface area contributed by atoms with Crippen LogP contribution >= 0.6 is 0 Å². The molecule has 1 aliphatic rings. The van der Waals surface area contributed by atoms with Gasteiger partial charge in [-0.15, -0.1) is 0 Å². The third kappa shape index (κ3) is 2.72. The molecule has 20 heavy (non-hydrogen) atoms. The highest BCUT2D eigenvalue weighted by atomic mass is 14.9. The highest BCUT2D eigenvalue weighted by molar-refractivity contribution is 5.53. The first-order valence-electron chi connectivity index (χ1n) is 7.52. The molecular formula is C19H23N.